The Kier molecular flexibility index (Phi) is 2.29. The molecule has 0 aliphatic carbocycles. The van der Waals surface area contributed by atoms with Crippen LogP contribution in [0.2, 0.25) is 0 Å². The molecule has 3 heterocycles. The van der Waals surface area contributed by atoms with Gasteiger partial charge in [0.2, 0.25) is 0 Å². The first-order valence-electron chi connectivity index (χ1n) is 5.47. The Balaban J connectivity index is 2.09. The molecule has 2 aromatic rings. The minimum atomic E-state index is 0.412. The van der Waals surface area contributed by atoms with Crippen LogP contribution < -0.4 is 4.74 Å². The van der Waals surface area contributed by atoms with Gasteiger partial charge in [-0.3, -0.25) is 4.40 Å². The van der Waals surface area contributed by atoms with Crippen LogP contribution in [0, 0.1) is 0 Å². The Bertz CT molecular complexity index is 501. The van der Waals surface area contributed by atoms with Crippen LogP contribution in [-0.4, -0.2) is 29.7 Å². The van der Waals surface area contributed by atoms with Gasteiger partial charge in [0, 0.05) is 12.5 Å². The zero-order valence-corrected chi connectivity index (χ0v) is 9.22. The van der Waals surface area contributed by atoms with Crippen LogP contribution in [0.3, 0.4) is 0 Å². The Morgan fingerprint density at radius 2 is 2.44 bits per heavy atom. The van der Waals surface area contributed by atoms with E-state index in [0.717, 1.165) is 36.7 Å². The van der Waals surface area contributed by atoms with Crippen LogP contribution in [0.4, 0.5) is 0 Å². The normalized spacial score (nSPS) is 20.4. The lowest BCUT2D eigenvalue weighted by Gasteiger charge is -2.07. The number of rotatable bonds is 2. The zero-order valence-electron chi connectivity index (χ0n) is 9.22. The van der Waals surface area contributed by atoms with Gasteiger partial charge in [-0.15, -0.1) is 0 Å². The fourth-order valence-electron chi connectivity index (χ4n) is 2.15. The predicted octanol–water partition coefficient (Wildman–Crippen LogP) is 1.85. The minimum Gasteiger partial charge on any atom is -0.495 e. The number of ether oxygens (including phenoxy) is 2. The summed E-state index contributed by atoms with van der Waals surface area (Å²) in [5, 5.41) is 0. The zero-order chi connectivity index (χ0) is 11.0. The number of pyridine rings is 1. The molecule has 1 unspecified atom stereocenters. The van der Waals surface area contributed by atoms with E-state index in [-0.39, 0.29) is 0 Å². The van der Waals surface area contributed by atoms with Crippen molar-refractivity contribution in [3.63, 3.8) is 0 Å². The summed E-state index contributed by atoms with van der Waals surface area (Å²) in [6.07, 6.45) is 4.93. The second kappa shape index (κ2) is 3.79. The molecule has 4 heteroatoms. The number of imidazole rings is 1. The van der Waals surface area contributed by atoms with E-state index in [4.69, 9.17) is 9.47 Å². The summed E-state index contributed by atoms with van der Waals surface area (Å²) in [5.41, 5.74) is 1.10. The highest BCUT2D eigenvalue weighted by Crippen LogP contribution is 2.26. The van der Waals surface area contributed by atoms with Crippen molar-refractivity contribution in [1.82, 2.24) is 9.38 Å². The molecule has 0 radical (unpaired) electrons. The van der Waals surface area contributed by atoms with Crippen molar-refractivity contribution in [1.29, 1.82) is 0 Å². The molecule has 3 rings (SSSR count). The van der Waals surface area contributed by atoms with Gasteiger partial charge in [-0.1, -0.05) is 0 Å². The van der Waals surface area contributed by atoms with Gasteiger partial charge in [-0.2, -0.15) is 0 Å². The molecule has 1 saturated heterocycles. The summed E-state index contributed by atoms with van der Waals surface area (Å²) in [7, 11) is 1.68. The van der Waals surface area contributed by atoms with Gasteiger partial charge in [0.25, 0.3) is 0 Å². The maximum absolute atomic E-state index is 5.40. The SMILES string of the molecule is COc1ccc2cnc(C3CCOC3)n2c1. The van der Waals surface area contributed by atoms with E-state index in [1.165, 1.54) is 0 Å². The fourth-order valence-corrected chi connectivity index (χ4v) is 2.15. The number of aromatic nitrogens is 2. The van der Waals surface area contributed by atoms with Crippen molar-refractivity contribution in [3.8, 4) is 5.75 Å². The van der Waals surface area contributed by atoms with Crippen LogP contribution in [0.25, 0.3) is 5.52 Å². The summed E-state index contributed by atoms with van der Waals surface area (Å²) in [6.45, 7) is 1.61. The molecule has 1 aliphatic rings. The van der Waals surface area contributed by atoms with Gasteiger partial charge in [0.15, 0.2) is 0 Å². The molecule has 0 amide bonds. The molecule has 0 N–H and O–H groups in total. The van der Waals surface area contributed by atoms with E-state index in [9.17, 15) is 0 Å². The van der Waals surface area contributed by atoms with Gasteiger partial charge < -0.3 is 9.47 Å². The maximum Gasteiger partial charge on any atom is 0.135 e. The van der Waals surface area contributed by atoms with Gasteiger partial charge in [0.05, 0.1) is 31.6 Å². The fraction of sp³-hybridized carbons (Fsp3) is 0.417. The van der Waals surface area contributed by atoms with Crippen molar-refractivity contribution >= 4 is 5.52 Å². The topological polar surface area (TPSA) is 35.8 Å². The third-order valence-electron chi connectivity index (χ3n) is 3.06. The van der Waals surface area contributed by atoms with Crippen molar-refractivity contribution in [3.05, 3.63) is 30.4 Å². The van der Waals surface area contributed by atoms with E-state index >= 15 is 0 Å². The van der Waals surface area contributed by atoms with Crippen LogP contribution in [-0.2, 0) is 4.74 Å². The third-order valence-corrected chi connectivity index (χ3v) is 3.06. The molecule has 0 bridgehead atoms. The Morgan fingerprint density at radius 1 is 1.50 bits per heavy atom. The summed E-state index contributed by atoms with van der Waals surface area (Å²) >= 11 is 0. The number of methoxy groups -OCH3 is 1. The molecule has 0 spiro atoms. The minimum absolute atomic E-state index is 0.412. The highest BCUT2D eigenvalue weighted by molar-refractivity contribution is 5.48. The standard InChI is InChI=1S/C12H14N2O2/c1-15-11-3-2-10-6-13-12(14(10)7-11)9-4-5-16-8-9/h2-3,6-7,9H,4-5,8H2,1H3. The number of fused-ring (bicyclic) bond motifs is 1. The van der Waals surface area contributed by atoms with Crippen molar-refractivity contribution in [2.24, 2.45) is 0 Å². The first-order valence-corrected chi connectivity index (χ1v) is 5.47. The largest absolute Gasteiger partial charge is 0.495 e. The first kappa shape index (κ1) is 9.66. The second-order valence-electron chi connectivity index (χ2n) is 4.04. The predicted molar refractivity (Wildman–Crippen MR) is 59.9 cm³/mol. The van der Waals surface area contributed by atoms with Crippen LogP contribution in [0.1, 0.15) is 18.2 Å². The molecule has 2 aromatic heterocycles. The Hall–Kier alpha value is -1.55. The second-order valence-corrected chi connectivity index (χ2v) is 4.04. The summed E-state index contributed by atoms with van der Waals surface area (Å²) in [5.74, 6) is 2.34. The van der Waals surface area contributed by atoms with E-state index in [0.29, 0.717) is 5.92 Å². The summed E-state index contributed by atoms with van der Waals surface area (Å²) in [4.78, 5) is 4.48. The molecule has 1 atom stereocenters. The van der Waals surface area contributed by atoms with Gasteiger partial charge in [0.1, 0.15) is 11.6 Å². The summed E-state index contributed by atoms with van der Waals surface area (Å²) in [6, 6.07) is 3.97. The lowest BCUT2D eigenvalue weighted by molar-refractivity contribution is 0.193. The molecule has 16 heavy (non-hydrogen) atoms. The van der Waals surface area contributed by atoms with Crippen molar-refractivity contribution in [2.45, 2.75) is 12.3 Å². The highest BCUT2D eigenvalue weighted by Gasteiger charge is 2.22. The van der Waals surface area contributed by atoms with Crippen molar-refractivity contribution < 1.29 is 9.47 Å². The molecule has 0 saturated carbocycles. The van der Waals surface area contributed by atoms with E-state index in [1.54, 1.807) is 7.11 Å². The average molecular weight is 218 g/mol. The lowest BCUT2D eigenvalue weighted by atomic mass is 10.1. The Morgan fingerprint density at radius 3 is 3.19 bits per heavy atom. The maximum atomic E-state index is 5.40. The average Bonchev–Trinajstić information content (AvgIpc) is 2.96. The number of hydrogen-bond donors (Lipinski definition) is 0. The van der Waals surface area contributed by atoms with Gasteiger partial charge in [-0.05, 0) is 18.6 Å². The molecule has 0 aromatic carbocycles. The van der Waals surface area contributed by atoms with Gasteiger partial charge in [-0.25, -0.2) is 4.98 Å². The quantitative estimate of drug-likeness (QED) is 0.771. The molecular weight excluding hydrogens is 204 g/mol. The molecule has 1 aliphatic heterocycles. The number of nitrogens with zero attached hydrogens (tertiary/aromatic N) is 2. The molecular formula is C12H14N2O2. The lowest BCUT2D eigenvalue weighted by Crippen LogP contribution is -2.04. The monoisotopic (exact) mass is 218 g/mol. The molecule has 4 nitrogen and oxygen atoms in total. The molecule has 84 valence electrons. The number of hydrogen-bond acceptors (Lipinski definition) is 3. The van der Waals surface area contributed by atoms with Crippen LogP contribution in [0.5, 0.6) is 5.75 Å². The van der Waals surface area contributed by atoms with Crippen LogP contribution >= 0.6 is 0 Å². The van der Waals surface area contributed by atoms with Crippen LogP contribution in [0.15, 0.2) is 24.5 Å². The van der Waals surface area contributed by atoms with E-state index in [2.05, 4.69) is 9.38 Å². The van der Waals surface area contributed by atoms with Gasteiger partial charge >= 0.3 is 0 Å². The molecule has 1 fully saturated rings. The van der Waals surface area contributed by atoms with E-state index in [1.807, 2.05) is 24.5 Å². The summed E-state index contributed by atoms with van der Waals surface area (Å²) < 4.78 is 12.7. The smallest absolute Gasteiger partial charge is 0.135 e. The highest BCUT2D eigenvalue weighted by atomic mass is 16.5. The first-order chi connectivity index (χ1) is 7.88. The van der Waals surface area contributed by atoms with E-state index < -0.39 is 0 Å². The third kappa shape index (κ3) is 1.46. The Labute approximate surface area is 93.8 Å². The van der Waals surface area contributed by atoms with Crippen molar-refractivity contribution in [2.75, 3.05) is 20.3 Å².